The second-order valence-electron chi connectivity index (χ2n) is 4.99. The molecule has 0 bridgehead atoms. The van der Waals surface area contributed by atoms with Gasteiger partial charge in [-0.25, -0.2) is 8.42 Å². The first-order valence-electron chi connectivity index (χ1n) is 6.53. The van der Waals surface area contributed by atoms with Gasteiger partial charge >= 0.3 is 0 Å². The predicted octanol–water partition coefficient (Wildman–Crippen LogP) is 0.737. The highest BCUT2D eigenvalue weighted by Crippen LogP contribution is 2.17. The third kappa shape index (κ3) is 3.27. The van der Waals surface area contributed by atoms with Crippen LogP contribution in [0.4, 0.5) is 0 Å². The lowest BCUT2D eigenvalue weighted by atomic mass is 10.1. The lowest BCUT2D eigenvalue weighted by Crippen LogP contribution is -2.30. The number of hydrogen-bond donors (Lipinski definition) is 0. The summed E-state index contributed by atoms with van der Waals surface area (Å²) in [5, 5.41) is 21.1. The Morgan fingerprint density at radius 1 is 1.27 bits per heavy atom. The van der Waals surface area contributed by atoms with E-state index in [1.165, 1.54) is 13.8 Å². The van der Waals surface area contributed by atoms with E-state index in [9.17, 15) is 18.5 Å². The lowest BCUT2D eigenvalue weighted by Gasteiger charge is -2.13. The van der Waals surface area contributed by atoms with Crippen LogP contribution in [-0.4, -0.2) is 45.3 Å². The van der Waals surface area contributed by atoms with Crippen LogP contribution in [0.2, 0.25) is 0 Å². The molecule has 0 aliphatic rings. The summed E-state index contributed by atoms with van der Waals surface area (Å²) in [6, 6.07) is 7.59. The molecule has 0 unspecified atom stereocenters. The number of tetrazole rings is 1. The van der Waals surface area contributed by atoms with E-state index in [-0.39, 0.29) is 5.16 Å². The summed E-state index contributed by atoms with van der Waals surface area (Å²) in [7, 11) is -3.85. The van der Waals surface area contributed by atoms with E-state index in [1.54, 1.807) is 30.3 Å². The number of nitrogens with zero attached hydrogens (tertiary/aromatic N) is 5. The third-order valence-electron chi connectivity index (χ3n) is 3.36. The molecule has 1 heterocycles. The van der Waals surface area contributed by atoms with Gasteiger partial charge in [0.1, 0.15) is 0 Å². The van der Waals surface area contributed by atoms with E-state index >= 15 is 0 Å². The zero-order chi connectivity index (χ0) is 16.3. The van der Waals surface area contributed by atoms with Crippen LogP contribution in [0.5, 0.6) is 0 Å². The van der Waals surface area contributed by atoms with Crippen molar-refractivity contribution in [2.75, 3.05) is 5.75 Å². The molecule has 2 rings (SSSR count). The molecule has 10 heteroatoms. The molecule has 2 aromatic rings. The first kappa shape index (κ1) is 16.0. The summed E-state index contributed by atoms with van der Waals surface area (Å²) in [5.74, 6) is -1.07. The molecule has 2 atom stereocenters. The van der Waals surface area contributed by atoms with E-state index < -0.39 is 32.5 Å². The average Bonchev–Trinajstić information content (AvgIpc) is 2.97. The number of para-hydroxylation sites is 1. The van der Waals surface area contributed by atoms with Crippen LogP contribution in [-0.2, 0) is 9.84 Å². The van der Waals surface area contributed by atoms with Crippen molar-refractivity contribution in [2.45, 2.75) is 25.0 Å². The van der Waals surface area contributed by atoms with Crippen molar-refractivity contribution in [2.24, 2.45) is 5.92 Å². The molecule has 0 amide bonds. The van der Waals surface area contributed by atoms with Crippen molar-refractivity contribution in [1.82, 2.24) is 20.2 Å². The van der Waals surface area contributed by atoms with E-state index in [0.717, 1.165) is 4.68 Å². The van der Waals surface area contributed by atoms with Crippen molar-refractivity contribution in [3.05, 3.63) is 40.4 Å². The summed E-state index contributed by atoms with van der Waals surface area (Å²) >= 11 is 0. The molecule has 0 N–H and O–H groups in total. The maximum atomic E-state index is 12.4. The molecule has 0 aliphatic heterocycles. The maximum Gasteiger partial charge on any atom is 0.272 e. The van der Waals surface area contributed by atoms with Crippen molar-refractivity contribution in [3.63, 3.8) is 0 Å². The highest BCUT2D eigenvalue weighted by Gasteiger charge is 2.32. The molecule has 0 aliphatic carbocycles. The quantitative estimate of drug-likeness (QED) is 0.567. The fourth-order valence-corrected chi connectivity index (χ4v) is 3.56. The average molecular weight is 325 g/mol. The Labute approximate surface area is 127 Å². The van der Waals surface area contributed by atoms with Gasteiger partial charge in [0.2, 0.25) is 15.9 Å². The fraction of sp³-hybridized carbons (Fsp3) is 0.417. The van der Waals surface area contributed by atoms with Crippen LogP contribution < -0.4 is 0 Å². The molecule has 0 radical (unpaired) electrons. The van der Waals surface area contributed by atoms with Gasteiger partial charge < -0.3 is 0 Å². The number of sulfone groups is 1. The van der Waals surface area contributed by atoms with Gasteiger partial charge in [-0.1, -0.05) is 30.2 Å². The number of hydrogen-bond acceptors (Lipinski definition) is 7. The number of aromatic nitrogens is 4. The Morgan fingerprint density at radius 2 is 1.91 bits per heavy atom. The number of nitro groups is 1. The minimum absolute atomic E-state index is 0.318. The van der Waals surface area contributed by atoms with E-state index in [0.29, 0.717) is 5.69 Å². The van der Waals surface area contributed by atoms with Crippen LogP contribution in [0, 0.1) is 16.0 Å². The monoisotopic (exact) mass is 325 g/mol. The highest BCUT2D eigenvalue weighted by molar-refractivity contribution is 7.91. The standard InChI is InChI=1S/C12H15N5O4S/c1-9(10(2)17(18)19)8-22(20,21)12-13-14-15-16(12)11-6-4-3-5-7-11/h3-7,9-10H,8H2,1-2H3/t9-,10+/m0/s1. The van der Waals surface area contributed by atoms with Crippen LogP contribution in [0.25, 0.3) is 5.69 Å². The summed E-state index contributed by atoms with van der Waals surface area (Å²) in [4.78, 5) is 10.3. The smallest absolute Gasteiger partial charge is 0.264 e. The largest absolute Gasteiger partial charge is 0.272 e. The number of benzene rings is 1. The van der Waals surface area contributed by atoms with Crippen LogP contribution in [0.15, 0.2) is 35.5 Å². The molecule has 118 valence electrons. The zero-order valence-electron chi connectivity index (χ0n) is 12.0. The first-order valence-corrected chi connectivity index (χ1v) is 8.18. The minimum atomic E-state index is -3.85. The van der Waals surface area contributed by atoms with Gasteiger partial charge in [-0.15, -0.1) is 0 Å². The predicted molar refractivity (Wildman–Crippen MR) is 76.8 cm³/mol. The van der Waals surface area contributed by atoms with Gasteiger partial charge in [-0.05, 0) is 22.6 Å². The Kier molecular flexibility index (Phi) is 4.50. The molecule has 0 saturated heterocycles. The molecule has 0 saturated carbocycles. The van der Waals surface area contributed by atoms with Crippen molar-refractivity contribution >= 4 is 9.84 Å². The van der Waals surface area contributed by atoms with Gasteiger partial charge in [0, 0.05) is 17.8 Å². The van der Waals surface area contributed by atoms with Gasteiger partial charge in [-0.3, -0.25) is 10.1 Å². The SMILES string of the molecule is C[C@H]([C@@H](C)CS(=O)(=O)c1nnnn1-c1ccccc1)[N+](=O)[O-]. The van der Waals surface area contributed by atoms with Crippen molar-refractivity contribution in [1.29, 1.82) is 0 Å². The zero-order valence-corrected chi connectivity index (χ0v) is 12.8. The van der Waals surface area contributed by atoms with Gasteiger partial charge in [0.05, 0.1) is 11.4 Å². The van der Waals surface area contributed by atoms with Crippen molar-refractivity contribution in [3.8, 4) is 5.69 Å². The minimum Gasteiger partial charge on any atom is -0.264 e. The molecule has 1 aromatic carbocycles. The summed E-state index contributed by atoms with van der Waals surface area (Å²) in [6.45, 7) is 2.89. The first-order chi connectivity index (χ1) is 10.3. The molecule has 0 spiro atoms. The van der Waals surface area contributed by atoms with Crippen molar-refractivity contribution < 1.29 is 13.3 Å². The third-order valence-corrected chi connectivity index (χ3v) is 5.13. The van der Waals surface area contributed by atoms with Gasteiger partial charge in [0.25, 0.3) is 5.16 Å². The molecular formula is C12H15N5O4S. The Morgan fingerprint density at radius 3 is 2.50 bits per heavy atom. The van der Waals surface area contributed by atoms with Gasteiger partial charge in [0.15, 0.2) is 0 Å². The summed E-state index contributed by atoms with van der Waals surface area (Å²) in [6.07, 6.45) is 0. The Hall–Kier alpha value is -2.36. The van der Waals surface area contributed by atoms with E-state index in [2.05, 4.69) is 15.5 Å². The Bertz CT molecular complexity index is 759. The maximum absolute atomic E-state index is 12.4. The second-order valence-corrected chi connectivity index (χ2v) is 6.92. The van der Waals surface area contributed by atoms with E-state index in [1.807, 2.05) is 0 Å². The van der Waals surface area contributed by atoms with E-state index in [4.69, 9.17) is 0 Å². The summed E-state index contributed by atoms with van der Waals surface area (Å²) < 4.78 is 26.0. The highest BCUT2D eigenvalue weighted by atomic mass is 32.2. The topological polar surface area (TPSA) is 121 Å². The lowest BCUT2D eigenvalue weighted by molar-refractivity contribution is -0.525. The fourth-order valence-electron chi connectivity index (χ4n) is 1.87. The normalized spacial score (nSPS) is 14.5. The second kappa shape index (κ2) is 6.18. The van der Waals surface area contributed by atoms with Crippen LogP contribution >= 0.6 is 0 Å². The van der Waals surface area contributed by atoms with Gasteiger partial charge in [-0.2, -0.15) is 4.68 Å². The molecule has 9 nitrogen and oxygen atoms in total. The number of rotatable bonds is 6. The van der Waals surface area contributed by atoms with Crippen LogP contribution in [0.3, 0.4) is 0 Å². The van der Waals surface area contributed by atoms with Crippen LogP contribution in [0.1, 0.15) is 13.8 Å². The molecule has 1 aromatic heterocycles. The Balaban J connectivity index is 2.32. The summed E-state index contributed by atoms with van der Waals surface area (Å²) in [5.41, 5.74) is 0.501. The molecular weight excluding hydrogens is 310 g/mol. The molecule has 0 fully saturated rings. The molecule has 22 heavy (non-hydrogen) atoms.